The Kier molecular flexibility index (Phi) is 4.40. The Hall–Kier alpha value is -1.31. The van der Waals surface area contributed by atoms with Crippen molar-refractivity contribution >= 4 is 0 Å². The van der Waals surface area contributed by atoms with Crippen LogP contribution in [0.5, 0.6) is 0 Å². The molecule has 1 saturated heterocycles. The molecule has 18 heavy (non-hydrogen) atoms. The molecular formula is C14H21N3O. The molecule has 1 aliphatic rings. The Morgan fingerprint density at radius 2 is 2.33 bits per heavy atom. The lowest BCUT2D eigenvalue weighted by atomic mass is 10.0. The Balaban J connectivity index is 1.79. The average Bonchev–Trinajstić information content (AvgIpc) is 2.79. The molecule has 1 N–H and O–H groups in total. The summed E-state index contributed by atoms with van der Waals surface area (Å²) in [6, 6.07) is 0.698. The van der Waals surface area contributed by atoms with Gasteiger partial charge in [0.2, 0.25) is 5.89 Å². The van der Waals surface area contributed by atoms with E-state index in [1.807, 2.05) is 6.92 Å². The second-order valence-electron chi connectivity index (χ2n) is 4.95. The molecule has 1 aromatic rings. The number of aryl methyl sites for hydroxylation is 1. The lowest BCUT2D eigenvalue weighted by Gasteiger charge is -2.32. The lowest BCUT2D eigenvalue weighted by molar-refractivity contribution is 0.206. The van der Waals surface area contributed by atoms with Gasteiger partial charge < -0.3 is 9.73 Å². The molecule has 1 aromatic heterocycles. The molecule has 0 spiro atoms. The van der Waals surface area contributed by atoms with Crippen LogP contribution in [0, 0.1) is 19.3 Å². The third-order valence-electron chi connectivity index (χ3n) is 3.40. The maximum atomic E-state index is 5.54. The molecule has 2 rings (SSSR count). The minimum absolute atomic E-state index is 0.169. The van der Waals surface area contributed by atoms with Crippen LogP contribution in [0.1, 0.15) is 37.5 Å². The van der Waals surface area contributed by atoms with Crippen molar-refractivity contribution in [1.29, 1.82) is 0 Å². The highest BCUT2D eigenvalue weighted by Gasteiger charge is 2.21. The van der Waals surface area contributed by atoms with E-state index in [0.717, 1.165) is 44.1 Å². The fourth-order valence-electron chi connectivity index (χ4n) is 2.38. The molecule has 0 saturated carbocycles. The van der Waals surface area contributed by atoms with E-state index >= 15 is 0 Å². The molecule has 0 amide bonds. The predicted octanol–water partition coefficient (Wildman–Crippen LogP) is 1.73. The number of oxazole rings is 1. The van der Waals surface area contributed by atoms with Crippen LogP contribution < -0.4 is 5.32 Å². The van der Waals surface area contributed by atoms with E-state index in [-0.39, 0.29) is 6.04 Å². The zero-order valence-corrected chi connectivity index (χ0v) is 11.1. The van der Waals surface area contributed by atoms with Crippen LogP contribution in [-0.4, -0.2) is 35.6 Å². The maximum Gasteiger partial charge on any atom is 0.211 e. The normalized spacial score (nSPS) is 19.6. The Bertz CT molecular complexity index is 413. The van der Waals surface area contributed by atoms with Crippen molar-refractivity contribution in [3.8, 4) is 12.3 Å². The van der Waals surface area contributed by atoms with Gasteiger partial charge in [0.05, 0.1) is 18.8 Å². The van der Waals surface area contributed by atoms with Gasteiger partial charge in [0.15, 0.2) is 0 Å². The molecule has 1 unspecified atom stereocenters. The highest BCUT2D eigenvalue weighted by atomic mass is 16.4. The lowest BCUT2D eigenvalue weighted by Crippen LogP contribution is -2.43. The SMILES string of the molecule is C#CCN1CCC(NC(C)c2ncc(C)o2)CC1. The summed E-state index contributed by atoms with van der Waals surface area (Å²) in [5, 5.41) is 3.58. The van der Waals surface area contributed by atoms with Crippen molar-refractivity contribution < 1.29 is 4.42 Å². The summed E-state index contributed by atoms with van der Waals surface area (Å²) in [6.45, 7) is 6.92. The van der Waals surface area contributed by atoms with Gasteiger partial charge in [0.1, 0.15) is 5.76 Å². The predicted molar refractivity (Wildman–Crippen MR) is 71.1 cm³/mol. The van der Waals surface area contributed by atoms with Crippen molar-refractivity contribution in [1.82, 2.24) is 15.2 Å². The first kappa shape index (κ1) is 13.1. The largest absolute Gasteiger partial charge is 0.444 e. The van der Waals surface area contributed by atoms with E-state index in [2.05, 4.69) is 28.0 Å². The number of piperidine rings is 1. The number of rotatable bonds is 4. The fraction of sp³-hybridized carbons (Fsp3) is 0.643. The van der Waals surface area contributed by atoms with Gasteiger partial charge in [-0.05, 0) is 26.7 Å². The van der Waals surface area contributed by atoms with Crippen LogP contribution in [0.2, 0.25) is 0 Å². The molecule has 2 heterocycles. The number of terminal acetylenes is 1. The number of hydrogen-bond donors (Lipinski definition) is 1. The molecule has 1 aliphatic heterocycles. The van der Waals surface area contributed by atoms with Crippen LogP contribution >= 0.6 is 0 Å². The first-order valence-electron chi connectivity index (χ1n) is 6.53. The van der Waals surface area contributed by atoms with Crippen LogP contribution in [-0.2, 0) is 0 Å². The van der Waals surface area contributed by atoms with Gasteiger partial charge >= 0.3 is 0 Å². The number of hydrogen-bond acceptors (Lipinski definition) is 4. The van der Waals surface area contributed by atoms with Crippen molar-refractivity contribution in [3.05, 3.63) is 17.8 Å². The van der Waals surface area contributed by atoms with Crippen LogP contribution in [0.4, 0.5) is 0 Å². The van der Waals surface area contributed by atoms with Crippen molar-refractivity contribution in [2.75, 3.05) is 19.6 Å². The quantitative estimate of drug-likeness (QED) is 0.823. The Morgan fingerprint density at radius 1 is 1.61 bits per heavy atom. The van der Waals surface area contributed by atoms with Crippen LogP contribution in [0.15, 0.2) is 10.6 Å². The Morgan fingerprint density at radius 3 is 2.89 bits per heavy atom. The summed E-state index contributed by atoms with van der Waals surface area (Å²) < 4.78 is 5.54. The summed E-state index contributed by atoms with van der Waals surface area (Å²) >= 11 is 0. The van der Waals surface area contributed by atoms with Crippen molar-refractivity contribution in [3.63, 3.8) is 0 Å². The minimum atomic E-state index is 0.169. The maximum absolute atomic E-state index is 5.54. The standard InChI is InChI=1S/C14H21N3O/c1-4-7-17-8-5-13(6-9-17)16-12(3)14-15-10-11(2)18-14/h1,10,12-13,16H,5-9H2,2-3H3. The van der Waals surface area contributed by atoms with Crippen LogP contribution in [0.25, 0.3) is 0 Å². The molecule has 0 bridgehead atoms. The minimum Gasteiger partial charge on any atom is -0.444 e. The third-order valence-corrected chi connectivity index (χ3v) is 3.40. The number of aromatic nitrogens is 1. The smallest absolute Gasteiger partial charge is 0.211 e. The summed E-state index contributed by atoms with van der Waals surface area (Å²) in [5.74, 6) is 4.34. The van der Waals surface area contributed by atoms with Gasteiger partial charge in [-0.2, -0.15) is 0 Å². The van der Waals surface area contributed by atoms with Crippen molar-refractivity contribution in [2.45, 2.75) is 38.8 Å². The monoisotopic (exact) mass is 247 g/mol. The average molecular weight is 247 g/mol. The molecule has 4 heteroatoms. The van der Waals surface area contributed by atoms with E-state index in [4.69, 9.17) is 10.8 Å². The summed E-state index contributed by atoms with van der Waals surface area (Å²) in [4.78, 5) is 6.58. The highest BCUT2D eigenvalue weighted by Crippen LogP contribution is 2.17. The van der Waals surface area contributed by atoms with Gasteiger partial charge in [-0.1, -0.05) is 5.92 Å². The number of likely N-dealkylation sites (tertiary alicyclic amines) is 1. The molecule has 0 aliphatic carbocycles. The van der Waals surface area contributed by atoms with Gasteiger partial charge in [0, 0.05) is 19.1 Å². The second kappa shape index (κ2) is 6.03. The van der Waals surface area contributed by atoms with Gasteiger partial charge in [0.25, 0.3) is 0 Å². The summed E-state index contributed by atoms with van der Waals surface area (Å²) in [7, 11) is 0. The first-order valence-corrected chi connectivity index (χ1v) is 6.53. The summed E-state index contributed by atoms with van der Waals surface area (Å²) in [6.07, 6.45) is 9.35. The highest BCUT2D eigenvalue weighted by molar-refractivity contribution is 4.96. The van der Waals surface area contributed by atoms with Crippen molar-refractivity contribution in [2.24, 2.45) is 0 Å². The zero-order valence-electron chi connectivity index (χ0n) is 11.1. The van der Waals surface area contributed by atoms with E-state index in [1.54, 1.807) is 6.20 Å². The second-order valence-corrected chi connectivity index (χ2v) is 4.95. The van der Waals surface area contributed by atoms with Gasteiger partial charge in [-0.15, -0.1) is 6.42 Å². The Labute approximate surface area is 109 Å². The van der Waals surface area contributed by atoms with Gasteiger partial charge in [-0.25, -0.2) is 4.98 Å². The molecule has 1 atom stereocenters. The first-order chi connectivity index (χ1) is 8.69. The van der Waals surface area contributed by atoms with Gasteiger partial charge in [-0.3, -0.25) is 4.90 Å². The molecule has 1 fully saturated rings. The molecule has 0 aromatic carbocycles. The molecule has 0 radical (unpaired) electrons. The fourth-order valence-corrected chi connectivity index (χ4v) is 2.38. The number of nitrogens with zero attached hydrogens (tertiary/aromatic N) is 2. The van der Waals surface area contributed by atoms with E-state index in [9.17, 15) is 0 Å². The van der Waals surface area contributed by atoms with E-state index < -0.39 is 0 Å². The summed E-state index contributed by atoms with van der Waals surface area (Å²) in [5.41, 5.74) is 0. The third kappa shape index (κ3) is 3.34. The molecule has 98 valence electrons. The van der Waals surface area contributed by atoms with Crippen LogP contribution in [0.3, 0.4) is 0 Å². The van der Waals surface area contributed by atoms with E-state index in [1.165, 1.54) is 0 Å². The molecular weight excluding hydrogens is 226 g/mol. The topological polar surface area (TPSA) is 41.3 Å². The number of nitrogens with one attached hydrogen (secondary N) is 1. The molecule has 4 nitrogen and oxygen atoms in total. The van der Waals surface area contributed by atoms with E-state index in [0.29, 0.717) is 6.04 Å². The zero-order chi connectivity index (χ0) is 13.0.